The third kappa shape index (κ3) is 4.58. The highest BCUT2D eigenvalue weighted by Crippen LogP contribution is 2.18. The van der Waals surface area contributed by atoms with Crippen molar-refractivity contribution in [2.24, 2.45) is 16.5 Å². The second kappa shape index (κ2) is 7.75. The Kier molecular flexibility index (Phi) is 5.99. The van der Waals surface area contributed by atoms with E-state index >= 15 is 0 Å². The minimum atomic E-state index is -0.281. The van der Waals surface area contributed by atoms with Crippen molar-refractivity contribution in [2.75, 3.05) is 18.9 Å². The van der Waals surface area contributed by atoms with Gasteiger partial charge in [-0.3, -0.25) is 4.79 Å². The normalized spacial score (nSPS) is 12.1. The summed E-state index contributed by atoms with van der Waals surface area (Å²) in [6.07, 6.45) is 2.62. The van der Waals surface area contributed by atoms with E-state index in [4.69, 9.17) is 11.5 Å². The number of nitrogens with two attached hydrogens (primary N) is 2. The van der Waals surface area contributed by atoms with E-state index in [0.29, 0.717) is 29.3 Å². The third-order valence-electron chi connectivity index (χ3n) is 2.45. The van der Waals surface area contributed by atoms with Crippen molar-refractivity contribution in [3.63, 3.8) is 0 Å². The van der Waals surface area contributed by atoms with Crippen molar-refractivity contribution in [3.05, 3.63) is 48.7 Å². The molecule has 6 heteroatoms. The van der Waals surface area contributed by atoms with Crippen LogP contribution < -0.4 is 22.1 Å². The molecule has 0 saturated carbocycles. The summed E-state index contributed by atoms with van der Waals surface area (Å²) in [5.74, 6) is 0.0471. The molecule has 0 heterocycles. The first kappa shape index (κ1) is 15.5. The number of hydrogen-bond donors (Lipinski definition) is 4. The van der Waals surface area contributed by atoms with Crippen LogP contribution in [0.25, 0.3) is 0 Å². The number of carbonyl (C=O) groups excluding carboxylic acids is 1. The second-order valence-corrected chi connectivity index (χ2v) is 3.96. The number of amidine groups is 1. The number of nitrogens with one attached hydrogen (secondary N) is 2. The van der Waals surface area contributed by atoms with Crippen LogP contribution in [0.3, 0.4) is 0 Å². The predicted molar refractivity (Wildman–Crippen MR) is 82.7 cm³/mol. The maximum Gasteiger partial charge on any atom is 0.247 e. The molecule has 0 aliphatic rings. The van der Waals surface area contributed by atoms with Crippen molar-refractivity contribution in [1.82, 2.24) is 5.32 Å². The Morgan fingerprint density at radius 3 is 2.85 bits per heavy atom. The Balaban J connectivity index is 2.94. The van der Waals surface area contributed by atoms with Gasteiger partial charge in [0, 0.05) is 24.0 Å². The van der Waals surface area contributed by atoms with E-state index in [2.05, 4.69) is 22.2 Å². The number of anilines is 1. The first-order valence-electron chi connectivity index (χ1n) is 6.04. The highest BCUT2D eigenvalue weighted by Gasteiger charge is 2.03. The van der Waals surface area contributed by atoms with Crippen molar-refractivity contribution in [1.29, 1.82) is 0 Å². The highest BCUT2D eigenvalue weighted by molar-refractivity contribution is 6.00. The van der Waals surface area contributed by atoms with Gasteiger partial charge in [0.15, 0.2) is 0 Å². The van der Waals surface area contributed by atoms with Crippen molar-refractivity contribution in [3.8, 4) is 0 Å². The van der Waals surface area contributed by atoms with E-state index in [1.807, 2.05) is 0 Å². The van der Waals surface area contributed by atoms with Crippen LogP contribution in [0.1, 0.15) is 0 Å². The zero-order valence-corrected chi connectivity index (χ0v) is 11.4. The molecule has 6 N–H and O–H groups in total. The molecule has 0 radical (unpaired) electrons. The molecule has 6 nitrogen and oxygen atoms in total. The van der Waals surface area contributed by atoms with Gasteiger partial charge in [0.25, 0.3) is 0 Å². The van der Waals surface area contributed by atoms with Gasteiger partial charge < -0.3 is 22.1 Å². The summed E-state index contributed by atoms with van der Waals surface area (Å²) in [6.45, 7) is 3.92. The molecule has 1 rings (SSSR count). The smallest absolute Gasteiger partial charge is 0.247 e. The predicted octanol–water partition coefficient (Wildman–Crippen LogP) is 0.862. The van der Waals surface area contributed by atoms with Gasteiger partial charge in [0.1, 0.15) is 5.84 Å². The van der Waals surface area contributed by atoms with Crippen LogP contribution in [0.2, 0.25) is 0 Å². The van der Waals surface area contributed by atoms with Crippen LogP contribution >= 0.6 is 0 Å². The number of hydrogen-bond acceptors (Lipinski definition) is 4. The number of aliphatic imine (C=N–C) groups is 1. The van der Waals surface area contributed by atoms with Crippen molar-refractivity contribution in [2.45, 2.75) is 0 Å². The Morgan fingerprint density at radius 2 is 2.25 bits per heavy atom. The lowest BCUT2D eigenvalue weighted by molar-refractivity contribution is -0.111. The maximum atomic E-state index is 11.2. The highest BCUT2D eigenvalue weighted by atomic mass is 16.1. The Labute approximate surface area is 118 Å². The summed E-state index contributed by atoms with van der Waals surface area (Å²) in [4.78, 5) is 15.5. The zero-order chi connectivity index (χ0) is 15.0. The van der Waals surface area contributed by atoms with E-state index in [1.165, 1.54) is 12.3 Å². The quantitative estimate of drug-likeness (QED) is 0.350. The topological polar surface area (TPSA) is 106 Å². The fourth-order valence-electron chi connectivity index (χ4n) is 1.48. The lowest BCUT2D eigenvalue weighted by atomic mass is 10.2. The molecule has 0 bridgehead atoms. The molecule has 1 aromatic carbocycles. The molecule has 106 valence electrons. The molecular formula is C14H19N5O. The SMILES string of the molecule is C=CC(=O)Nc1cccc(N=C(N)/C(=C\N)CNC)c1. The van der Waals surface area contributed by atoms with Crippen LogP contribution in [0.4, 0.5) is 11.4 Å². The lowest BCUT2D eigenvalue weighted by Gasteiger charge is -2.06. The van der Waals surface area contributed by atoms with Gasteiger partial charge in [0.05, 0.1) is 5.69 Å². The van der Waals surface area contributed by atoms with E-state index < -0.39 is 0 Å². The first-order chi connectivity index (χ1) is 9.60. The fourth-order valence-corrected chi connectivity index (χ4v) is 1.48. The summed E-state index contributed by atoms with van der Waals surface area (Å²) in [5.41, 5.74) is 13.3. The molecule has 0 aromatic heterocycles. The van der Waals surface area contributed by atoms with Gasteiger partial charge in [0.2, 0.25) is 5.91 Å². The molecule has 0 atom stereocenters. The largest absolute Gasteiger partial charge is 0.404 e. The minimum absolute atomic E-state index is 0.281. The van der Waals surface area contributed by atoms with Crippen LogP contribution in [0.5, 0.6) is 0 Å². The summed E-state index contributed by atoms with van der Waals surface area (Å²) >= 11 is 0. The Morgan fingerprint density at radius 1 is 1.50 bits per heavy atom. The molecule has 0 spiro atoms. The average molecular weight is 273 g/mol. The fraction of sp³-hybridized carbons (Fsp3) is 0.143. The number of benzene rings is 1. The maximum absolute atomic E-state index is 11.2. The van der Waals surface area contributed by atoms with Crippen LogP contribution in [-0.2, 0) is 4.79 Å². The molecule has 0 unspecified atom stereocenters. The van der Waals surface area contributed by atoms with Gasteiger partial charge in [-0.15, -0.1) is 0 Å². The van der Waals surface area contributed by atoms with Gasteiger partial charge in [-0.1, -0.05) is 12.6 Å². The summed E-state index contributed by atoms with van der Waals surface area (Å²) in [7, 11) is 1.79. The monoisotopic (exact) mass is 273 g/mol. The number of nitrogens with zero attached hydrogens (tertiary/aromatic N) is 1. The summed E-state index contributed by atoms with van der Waals surface area (Å²) < 4.78 is 0. The standard InChI is InChI=1S/C14H19N5O/c1-3-13(20)18-11-5-4-6-12(7-11)19-14(16)10(8-15)9-17-2/h3-8,17H,1,9,15H2,2H3,(H2,16,19)(H,18,20)/b10-8-. The molecular weight excluding hydrogens is 254 g/mol. The average Bonchev–Trinajstić information content (AvgIpc) is 2.44. The summed E-state index contributed by atoms with van der Waals surface area (Å²) in [5, 5.41) is 5.61. The molecule has 1 aromatic rings. The molecule has 1 amide bonds. The van der Waals surface area contributed by atoms with Crippen LogP contribution in [0.15, 0.2) is 53.7 Å². The van der Waals surface area contributed by atoms with Gasteiger partial charge in [-0.25, -0.2) is 4.99 Å². The van der Waals surface area contributed by atoms with E-state index in [0.717, 1.165) is 0 Å². The number of rotatable bonds is 6. The van der Waals surface area contributed by atoms with Gasteiger partial charge in [-0.2, -0.15) is 0 Å². The van der Waals surface area contributed by atoms with E-state index in [1.54, 1.807) is 31.3 Å². The lowest BCUT2D eigenvalue weighted by Crippen LogP contribution is -2.24. The van der Waals surface area contributed by atoms with Crippen molar-refractivity contribution < 1.29 is 4.79 Å². The van der Waals surface area contributed by atoms with Gasteiger partial charge >= 0.3 is 0 Å². The molecule has 0 aliphatic heterocycles. The molecule has 0 fully saturated rings. The van der Waals surface area contributed by atoms with E-state index in [-0.39, 0.29) is 5.91 Å². The minimum Gasteiger partial charge on any atom is -0.404 e. The van der Waals surface area contributed by atoms with Crippen molar-refractivity contribution >= 4 is 23.1 Å². The second-order valence-electron chi connectivity index (χ2n) is 3.96. The molecule has 0 saturated heterocycles. The van der Waals surface area contributed by atoms with Crippen LogP contribution in [-0.4, -0.2) is 25.3 Å². The number of amides is 1. The zero-order valence-electron chi connectivity index (χ0n) is 11.4. The number of likely N-dealkylation sites (N-methyl/N-ethyl adjacent to an activating group) is 1. The Hall–Kier alpha value is -2.60. The third-order valence-corrected chi connectivity index (χ3v) is 2.45. The Bertz CT molecular complexity index is 548. The van der Waals surface area contributed by atoms with Crippen LogP contribution in [0, 0.1) is 0 Å². The number of carbonyl (C=O) groups is 1. The van der Waals surface area contributed by atoms with E-state index in [9.17, 15) is 4.79 Å². The molecule has 20 heavy (non-hydrogen) atoms. The molecule has 0 aliphatic carbocycles. The van der Waals surface area contributed by atoms with Gasteiger partial charge in [-0.05, 0) is 31.3 Å². The summed E-state index contributed by atoms with van der Waals surface area (Å²) in [6, 6.07) is 7.02. The first-order valence-corrected chi connectivity index (χ1v) is 6.04.